The summed E-state index contributed by atoms with van der Waals surface area (Å²) in [5, 5.41) is 1.36. The second kappa shape index (κ2) is 2.47. The first-order valence-corrected chi connectivity index (χ1v) is 6.99. The maximum atomic E-state index is 3.15. The van der Waals surface area contributed by atoms with Crippen LogP contribution in [0.3, 0.4) is 0 Å². The molecule has 0 radical (unpaired) electrons. The fourth-order valence-electron chi connectivity index (χ4n) is 0.791. The van der Waals surface area contributed by atoms with Gasteiger partial charge in [0.15, 0.2) is 0 Å². The van der Waals surface area contributed by atoms with Gasteiger partial charge in [0, 0.05) is 0 Å². The van der Waals surface area contributed by atoms with Gasteiger partial charge in [0.05, 0.1) is 8.07 Å². The van der Waals surface area contributed by atoms with E-state index in [9.17, 15) is 0 Å². The third kappa shape index (κ3) is 1.62. The molecule has 0 aromatic heterocycles. The molecule has 0 saturated carbocycles. The molecule has 0 fully saturated rings. The van der Waals surface area contributed by atoms with E-state index in [0.29, 0.717) is 0 Å². The normalized spacial score (nSPS) is 10.7. The lowest BCUT2D eigenvalue weighted by atomic mass is 10.4. The predicted octanol–water partition coefficient (Wildman–Crippen LogP) is 1.83. The van der Waals surface area contributed by atoms with Crippen LogP contribution in [0.2, 0.25) is 19.6 Å². The lowest BCUT2D eigenvalue weighted by Gasteiger charge is -2.12. The minimum absolute atomic E-state index is 1.12. The van der Waals surface area contributed by atoms with Crippen molar-refractivity contribution >= 4 is 13.3 Å². The molecular formula is C9H12Si. The summed E-state index contributed by atoms with van der Waals surface area (Å²) in [6, 6.07) is 12.2. The van der Waals surface area contributed by atoms with Crippen LogP contribution in [0.25, 0.3) is 0 Å². The summed E-state index contributed by atoms with van der Waals surface area (Å²) in [6.45, 7) is 6.94. The van der Waals surface area contributed by atoms with E-state index in [0.717, 1.165) is 0 Å². The molecule has 1 aromatic rings. The van der Waals surface area contributed by atoms with E-state index in [-0.39, 0.29) is 0 Å². The van der Waals surface area contributed by atoms with E-state index in [1.807, 2.05) is 12.1 Å². The Hall–Kier alpha value is -0.743. The second-order valence-corrected chi connectivity index (χ2v) is 8.50. The maximum absolute atomic E-state index is 3.15. The molecule has 1 rings (SSSR count). The van der Waals surface area contributed by atoms with Crippen molar-refractivity contribution in [2.75, 3.05) is 0 Å². The van der Waals surface area contributed by atoms with Crippen molar-refractivity contribution < 1.29 is 0 Å². The Morgan fingerprint density at radius 2 is 2.00 bits per heavy atom. The van der Waals surface area contributed by atoms with Crippen LogP contribution in [0.1, 0.15) is 0 Å². The smallest absolute Gasteiger partial charge is 0.0713 e. The van der Waals surface area contributed by atoms with Crippen LogP contribution in [0.4, 0.5) is 0 Å². The van der Waals surface area contributed by atoms with Crippen molar-refractivity contribution in [3.8, 4) is 0 Å². The third-order valence-electron chi connectivity index (χ3n) is 1.46. The number of hydrogen-bond acceptors (Lipinski definition) is 0. The van der Waals surface area contributed by atoms with Crippen LogP contribution in [-0.2, 0) is 0 Å². The molecule has 0 heterocycles. The Kier molecular flexibility index (Phi) is 1.82. The summed E-state index contributed by atoms with van der Waals surface area (Å²) in [5.74, 6) is 0. The maximum Gasteiger partial charge on any atom is 0.0884 e. The van der Waals surface area contributed by atoms with E-state index in [2.05, 4.69) is 37.8 Å². The third-order valence-corrected chi connectivity index (χ3v) is 3.36. The molecule has 10 heavy (non-hydrogen) atoms. The van der Waals surface area contributed by atoms with Crippen molar-refractivity contribution in [2.45, 2.75) is 19.6 Å². The average Bonchev–Trinajstić information content (AvgIpc) is 1.88. The van der Waals surface area contributed by atoms with Gasteiger partial charge in [0.2, 0.25) is 0 Å². The molecule has 0 N–H and O–H groups in total. The van der Waals surface area contributed by atoms with Crippen molar-refractivity contribution in [1.82, 2.24) is 0 Å². The lowest BCUT2D eigenvalue weighted by Crippen LogP contribution is -2.36. The average molecular weight is 148 g/mol. The first kappa shape index (κ1) is 7.36. The fourth-order valence-corrected chi connectivity index (χ4v) is 1.83. The van der Waals surface area contributed by atoms with Crippen molar-refractivity contribution in [3.63, 3.8) is 0 Å². The zero-order chi connectivity index (χ0) is 7.61. The molecule has 0 saturated heterocycles. The predicted molar refractivity (Wildman–Crippen MR) is 47.1 cm³/mol. The van der Waals surface area contributed by atoms with Gasteiger partial charge in [-0.05, 0) is 11.3 Å². The molecule has 0 amide bonds. The summed E-state index contributed by atoms with van der Waals surface area (Å²) in [6.07, 6.45) is 0. The standard InChI is InChI=1S/C9H12Si/c1-10(2,3)9-7-5-4-6-8-9/h4-5,7H,1-3H3. The van der Waals surface area contributed by atoms with Gasteiger partial charge in [-0.2, -0.15) is 0 Å². The Morgan fingerprint density at radius 3 is 2.30 bits per heavy atom. The zero-order valence-corrected chi connectivity index (χ0v) is 7.73. The van der Waals surface area contributed by atoms with Crippen LogP contribution in [-0.4, -0.2) is 8.07 Å². The molecule has 0 unspecified atom stereocenters. The molecule has 0 atom stereocenters. The summed E-state index contributed by atoms with van der Waals surface area (Å²) in [7, 11) is -1.12. The minimum atomic E-state index is -1.12. The van der Waals surface area contributed by atoms with E-state index < -0.39 is 8.07 Å². The van der Waals surface area contributed by atoms with E-state index in [4.69, 9.17) is 0 Å². The molecule has 0 aliphatic heterocycles. The summed E-state index contributed by atoms with van der Waals surface area (Å²) >= 11 is 0. The van der Waals surface area contributed by atoms with E-state index >= 15 is 0 Å². The van der Waals surface area contributed by atoms with Gasteiger partial charge in [0.25, 0.3) is 0 Å². The topological polar surface area (TPSA) is 0 Å². The van der Waals surface area contributed by atoms with Gasteiger partial charge >= 0.3 is 0 Å². The number of hydrogen-bond donors (Lipinski definition) is 0. The quantitative estimate of drug-likeness (QED) is 0.533. The first-order valence-electron chi connectivity index (χ1n) is 3.49. The van der Waals surface area contributed by atoms with Gasteiger partial charge in [-0.1, -0.05) is 43.9 Å². The van der Waals surface area contributed by atoms with Crippen LogP contribution in [0, 0.1) is 12.1 Å². The van der Waals surface area contributed by atoms with Gasteiger partial charge in [-0.15, -0.1) is 0 Å². The fraction of sp³-hybridized carbons (Fsp3) is 0.333. The SMILES string of the molecule is C[Si](C)(C)c1c#cccc1. The second-order valence-electron chi connectivity index (χ2n) is 3.46. The van der Waals surface area contributed by atoms with Crippen molar-refractivity contribution in [3.05, 3.63) is 30.3 Å². The molecule has 52 valence electrons. The summed E-state index contributed by atoms with van der Waals surface area (Å²) in [4.78, 5) is 0. The number of rotatable bonds is 1. The molecule has 0 aliphatic carbocycles. The Labute approximate surface area is 63.9 Å². The zero-order valence-electron chi connectivity index (χ0n) is 6.73. The highest BCUT2D eigenvalue weighted by molar-refractivity contribution is 6.88. The summed E-state index contributed by atoms with van der Waals surface area (Å²) in [5.41, 5.74) is 0. The van der Waals surface area contributed by atoms with E-state index in [1.54, 1.807) is 0 Å². The van der Waals surface area contributed by atoms with Crippen LogP contribution in [0.15, 0.2) is 18.2 Å². The van der Waals surface area contributed by atoms with Crippen LogP contribution >= 0.6 is 0 Å². The lowest BCUT2D eigenvalue weighted by molar-refractivity contribution is 1.70. The highest BCUT2D eigenvalue weighted by Crippen LogP contribution is 1.98. The molecule has 0 nitrogen and oxygen atoms in total. The van der Waals surface area contributed by atoms with Crippen molar-refractivity contribution in [2.24, 2.45) is 0 Å². The Balaban J connectivity index is 2.97. The van der Waals surface area contributed by atoms with Gasteiger partial charge in [-0.3, -0.25) is 0 Å². The molecule has 0 spiro atoms. The molecule has 0 aliphatic rings. The van der Waals surface area contributed by atoms with Gasteiger partial charge < -0.3 is 0 Å². The molecule has 1 heteroatoms. The highest BCUT2D eigenvalue weighted by Gasteiger charge is 2.14. The Bertz CT molecular complexity index is 196. The summed E-state index contributed by atoms with van der Waals surface area (Å²) < 4.78 is 0. The largest absolute Gasteiger partial charge is 0.0884 e. The van der Waals surface area contributed by atoms with Crippen molar-refractivity contribution in [1.29, 1.82) is 0 Å². The van der Waals surface area contributed by atoms with Gasteiger partial charge in [0.1, 0.15) is 0 Å². The molecular weight excluding hydrogens is 136 g/mol. The molecule has 0 bridgehead atoms. The van der Waals surface area contributed by atoms with Gasteiger partial charge in [-0.25, -0.2) is 0 Å². The minimum Gasteiger partial charge on any atom is -0.0713 e. The molecule has 1 aromatic carbocycles. The van der Waals surface area contributed by atoms with Crippen LogP contribution in [0.5, 0.6) is 0 Å². The first-order chi connectivity index (χ1) is 4.61. The highest BCUT2D eigenvalue weighted by atomic mass is 28.3. The monoisotopic (exact) mass is 148 g/mol. The Morgan fingerprint density at radius 1 is 1.30 bits per heavy atom. The van der Waals surface area contributed by atoms with Crippen LogP contribution < -0.4 is 5.19 Å². The van der Waals surface area contributed by atoms with E-state index in [1.165, 1.54) is 5.19 Å².